The number of carbonyl (C=O) groups excluding carboxylic acids is 1. The highest BCUT2D eigenvalue weighted by molar-refractivity contribution is 5.76. The Morgan fingerprint density at radius 3 is 2.93 bits per heavy atom. The van der Waals surface area contributed by atoms with Crippen LogP contribution in [0.15, 0.2) is 18.7 Å². The zero-order valence-corrected chi connectivity index (χ0v) is 8.15. The fourth-order valence-electron chi connectivity index (χ4n) is 1.89. The molecule has 0 spiro atoms. The number of hydrogen-bond acceptors (Lipinski definition) is 2. The van der Waals surface area contributed by atoms with Crippen molar-refractivity contribution in [2.75, 3.05) is 0 Å². The van der Waals surface area contributed by atoms with Crippen molar-refractivity contribution in [3.63, 3.8) is 0 Å². The molecule has 76 valence electrons. The largest absolute Gasteiger partial charge is 0.352 e. The van der Waals surface area contributed by atoms with Crippen LogP contribution >= 0.6 is 0 Å². The molecule has 14 heavy (non-hydrogen) atoms. The van der Waals surface area contributed by atoms with E-state index in [0.717, 1.165) is 12.8 Å². The first kappa shape index (κ1) is 9.24. The molecule has 0 aromatic carbocycles. The molecule has 1 heterocycles. The van der Waals surface area contributed by atoms with Gasteiger partial charge in [0, 0.05) is 18.4 Å². The van der Waals surface area contributed by atoms with E-state index < -0.39 is 0 Å². The van der Waals surface area contributed by atoms with Gasteiger partial charge in [-0.3, -0.25) is 4.79 Å². The van der Waals surface area contributed by atoms with Crippen LogP contribution < -0.4 is 5.32 Å². The molecule has 4 nitrogen and oxygen atoms in total. The number of aromatic nitrogens is 2. The van der Waals surface area contributed by atoms with Gasteiger partial charge in [-0.1, -0.05) is 12.8 Å². The lowest BCUT2D eigenvalue weighted by Gasteiger charge is -2.11. The molecule has 0 atom stereocenters. The van der Waals surface area contributed by atoms with Gasteiger partial charge in [-0.2, -0.15) is 0 Å². The summed E-state index contributed by atoms with van der Waals surface area (Å²) in [4.78, 5) is 15.4. The molecule has 0 radical (unpaired) electrons. The first-order chi connectivity index (χ1) is 6.84. The first-order valence-electron chi connectivity index (χ1n) is 5.10. The van der Waals surface area contributed by atoms with E-state index in [2.05, 4.69) is 10.3 Å². The Hall–Kier alpha value is -1.32. The number of imidazole rings is 1. The molecule has 1 N–H and O–H groups in total. The maximum atomic E-state index is 11.5. The lowest BCUT2D eigenvalue weighted by atomic mass is 10.2. The van der Waals surface area contributed by atoms with Gasteiger partial charge in [-0.15, -0.1) is 0 Å². The van der Waals surface area contributed by atoms with Crippen LogP contribution in [0.1, 0.15) is 25.7 Å². The third kappa shape index (κ3) is 2.34. The van der Waals surface area contributed by atoms with Crippen LogP contribution in [0.25, 0.3) is 0 Å². The first-order valence-corrected chi connectivity index (χ1v) is 5.10. The van der Waals surface area contributed by atoms with Gasteiger partial charge in [0.15, 0.2) is 0 Å². The second kappa shape index (κ2) is 4.26. The summed E-state index contributed by atoms with van der Waals surface area (Å²) in [7, 11) is 0. The molecule has 1 aromatic rings. The van der Waals surface area contributed by atoms with Crippen LogP contribution in [-0.2, 0) is 11.3 Å². The van der Waals surface area contributed by atoms with E-state index in [4.69, 9.17) is 0 Å². The standard InChI is InChI=1S/C10H15N3O/c14-10(7-13-6-5-11-8-13)12-9-3-1-2-4-9/h5-6,8-9H,1-4,7H2,(H,12,14). The molecule has 1 fully saturated rings. The summed E-state index contributed by atoms with van der Waals surface area (Å²) < 4.78 is 1.78. The predicted octanol–water partition coefficient (Wildman–Crippen LogP) is 0.942. The Bertz CT molecular complexity index is 288. The van der Waals surface area contributed by atoms with Gasteiger partial charge >= 0.3 is 0 Å². The van der Waals surface area contributed by atoms with Crippen molar-refractivity contribution in [1.82, 2.24) is 14.9 Å². The van der Waals surface area contributed by atoms with Gasteiger partial charge < -0.3 is 9.88 Å². The molecule has 1 aliphatic rings. The monoisotopic (exact) mass is 193 g/mol. The third-order valence-electron chi connectivity index (χ3n) is 2.61. The molecule has 1 amide bonds. The lowest BCUT2D eigenvalue weighted by Crippen LogP contribution is -2.34. The van der Waals surface area contributed by atoms with Gasteiger partial charge in [0.25, 0.3) is 0 Å². The van der Waals surface area contributed by atoms with Crippen molar-refractivity contribution < 1.29 is 4.79 Å². The Kier molecular flexibility index (Phi) is 2.81. The van der Waals surface area contributed by atoms with Crippen molar-refractivity contribution in [3.8, 4) is 0 Å². The Morgan fingerprint density at radius 2 is 2.29 bits per heavy atom. The summed E-state index contributed by atoms with van der Waals surface area (Å²) in [5.74, 6) is 0.0925. The number of hydrogen-bond donors (Lipinski definition) is 1. The van der Waals surface area contributed by atoms with E-state index in [9.17, 15) is 4.79 Å². The summed E-state index contributed by atoms with van der Waals surface area (Å²) in [5, 5.41) is 3.03. The zero-order chi connectivity index (χ0) is 9.80. The predicted molar refractivity (Wildman–Crippen MR) is 52.6 cm³/mol. The van der Waals surface area contributed by atoms with E-state index in [-0.39, 0.29) is 5.91 Å². The number of rotatable bonds is 3. The average molecular weight is 193 g/mol. The number of amides is 1. The number of carbonyl (C=O) groups is 1. The summed E-state index contributed by atoms with van der Waals surface area (Å²) in [6.45, 7) is 0.385. The number of nitrogens with one attached hydrogen (secondary N) is 1. The minimum Gasteiger partial charge on any atom is -0.352 e. The van der Waals surface area contributed by atoms with Crippen molar-refractivity contribution >= 4 is 5.91 Å². The van der Waals surface area contributed by atoms with E-state index in [0.29, 0.717) is 12.6 Å². The Balaban J connectivity index is 1.78. The van der Waals surface area contributed by atoms with Crippen molar-refractivity contribution in [2.24, 2.45) is 0 Å². The van der Waals surface area contributed by atoms with Crippen LogP contribution in [0.2, 0.25) is 0 Å². The second-order valence-corrected chi connectivity index (χ2v) is 3.78. The third-order valence-corrected chi connectivity index (χ3v) is 2.61. The molecule has 1 saturated carbocycles. The van der Waals surface area contributed by atoms with Gasteiger partial charge in [0.05, 0.1) is 6.33 Å². The molecule has 4 heteroatoms. The maximum Gasteiger partial charge on any atom is 0.240 e. The molecule has 0 bridgehead atoms. The SMILES string of the molecule is O=C(Cn1ccnc1)NC1CCCC1. The lowest BCUT2D eigenvalue weighted by molar-refractivity contribution is -0.122. The van der Waals surface area contributed by atoms with E-state index in [1.54, 1.807) is 23.3 Å². The molecular formula is C10H15N3O. The highest BCUT2D eigenvalue weighted by Gasteiger charge is 2.16. The smallest absolute Gasteiger partial charge is 0.240 e. The molecular weight excluding hydrogens is 178 g/mol. The van der Waals surface area contributed by atoms with Crippen LogP contribution in [0.5, 0.6) is 0 Å². The summed E-state index contributed by atoms with van der Waals surface area (Å²) in [6.07, 6.45) is 9.91. The zero-order valence-electron chi connectivity index (χ0n) is 8.15. The van der Waals surface area contributed by atoms with E-state index in [1.165, 1.54) is 12.8 Å². The van der Waals surface area contributed by atoms with E-state index in [1.807, 2.05) is 0 Å². The fraction of sp³-hybridized carbons (Fsp3) is 0.600. The van der Waals surface area contributed by atoms with Crippen molar-refractivity contribution in [1.29, 1.82) is 0 Å². The van der Waals surface area contributed by atoms with Gasteiger partial charge in [0.2, 0.25) is 5.91 Å². The van der Waals surface area contributed by atoms with Crippen molar-refractivity contribution in [2.45, 2.75) is 38.3 Å². The molecule has 0 saturated heterocycles. The van der Waals surface area contributed by atoms with Crippen LogP contribution in [0, 0.1) is 0 Å². The maximum absolute atomic E-state index is 11.5. The van der Waals surface area contributed by atoms with Gasteiger partial charge in [0.1, 0.15) is 6.54 Å². The van der Waals surface area contributed by atoms with Crippen LogP contribution in [0.3, 0.4) is 0 Å². The topological polar surface area (TPSA) is 46.9 Å². The average Bonchev–Trinajstić information content (AvgIpc) is 2.76. The highest BCUT2D eigenvalue weighted by Crippen LogP contribution is 2.17. The summed E-state index contributed by atoms with van der Waals surface area (Å²) >= 11 is 0. The van der Waals surface area contributed by atoms with Crippen LogP contribution in [0.4, 0.5) is 0 Å². The van der Waals surface area contributed by atoms with Crippen molar-refractivity contribution in [3.05, 3.63) is 18.7 Å². The van der Waals surface area contributed by atoms with Gasteiger partial charge in [-0.25, -0.2) is 4.98 Å². The molecule has 1 aromatic heterocycles. The summed E-state index contributed by atoms with van der Waals surface area (Å²) in [6, 6.07) is 0.408. The normalized spacial score (nSPS) is 17.1. The fourth-order valence-corrected chi connectivity index (χ4v) is 1.89. The minimum atomic E-state index is 0.0925. The number of nitrogens with zero attached hydrogens (tertiary/aromatic N) is 2. The summed E-state index contributed by atoms with van der Waals surface area (Å²) in [5.41, 5.74) is 0. The Morgan fingerprint density at radius 1 is 1.50 bits per heavy atom. The molecule has 0 unspecified atom stereocenters. The molecule has 1 aliphatic carbocycles. The van der Waals surface area contributed by atoms with Crippen LogP contribution in [-0.4, -0.2) is 21.5 Å². The van der Waals surface area contributed by atoms with E-state index >= 15 is 0 Å². The molecule has 2 rings (SSSR count). The second-order valence-electron chi connectivity index (χ2n) is 3.78. The molecule has 0 aliphatic heterocycles. The quantitative estimate of drug-likeness (QED) is 0.776. The highest BCUT2D eigenvalue weighted by atomic mass is 16.2. The van der Waals surface area contributed by atoms with Gasteiger partial charge in [-0.05, 0) is 12.8 Å². The minimum absolute atomic E-state index is 0.0925. The Labute approximate surface area is 83.3 Å².